The first-order valence-corrected chi connectivity index (χ1v) is 4.74. The standard InChI is InChI=1S/C11H14N2O/c1-11(2,3)6-8-7-12-10-9(13-8)4-5-14-10/h4-5,7H,6H2,1-3H3. The lowest BCUT2D eigenvalue weighted by Crippen LogP contribution is -2.10. The molecule has 2 rings (SSSR count). The molecule has 0 aliphatic rings. The van der Waals surface area contributed by atoms with Crippen molar-refractivity contribution in [2.45, 2.75) is 27.2 Å². The van der Waals surface area contributed by atoms with Crippen molar-refractivity contribution in [1.29, 1.82) is 0 Å². The fourth-order valence-corrected chi connectivity index (χ4v) is 1.42. The lowest BCUT2D eigenvalue weighted by atomic mass is 9.91. The number of hydrogen-bond donors (Lipinski definition) is 0. The van der Waals surface area contributed by atoms with E-state index < -0.39 is 0 Å². The Morgan fingerprint density at radius 2 is 2.14 bits per heavy atom. The maximum atomic E-state index is 5.13. The molecule has 0 saturated heterocycles. The highest BCUT2D eigenvalue weighted by molar-refractivity contribution is 5.67. The third-order valence-corrected chi connectivity index (χ3v) is 1.93. The largest absolute Gasteiger partial charge is 0.445 e. The van der Waals surface area contributed by atoms with E-state index in [0.717, 1.165) is 17.6 Å². The second-order valence-electron chi connectivity index (χ2n) is 4.71. The molecule has 3 nitrogen and oxygen atoms in total. The Kier molecular flexibility index (Phi) is 2.02. The van der Waals surface area contributed by atoms with Gasteiger partial charge in [-0.1, -0.05) is 20.8 Å². The highest BCUT2D eigenvalue weighted by Gasteiger charge is 2.13. The zero-order valence-corrected chi connectivity index (χ0v) is 8.74. The Hall–Kier alpha value is -1.38. The van der Waals surface area contributed by atoms with Crippen LogP contribution in [0.1, 0.15) is 26.5 Å². The predicted molar refractivity (Wildman–Crippen MR) is 55.0 cm³/mol. The van der Waals surface area contributed by atoms with Gasteiger partial charge in [0.2, 0.25) is 5.71 Å². The molecule has 0 amide bonds. The van der Waals surface area contributed by atoms with Gasteiger partial charge in [-0.05, 0) is 11.8 Å². The van der Waals surface area contributed by atoms with Gasteiger partial charge in [0.25, 0.3) is 0 Å². The van der Waals surface area contributed by atoms with Gasteiger partial charge in [-0.3, -0.25) is 0 Å². The van der Waals surface area contributed by atoms with Crippen molar-refractivity contribution in [3.05, 3.63) is 24.2 Å². The average molecular weight is 190 g/mol. The summed E-state index contributed by atoms with van der Waals surface area (Å²) in [6, 6.07) is 1.84. The second-order valence-corrected chi connectivity index (χ2v) is 4.71. The Morgan fingerprint density at radius 3 is 2.86 bits per heavy atom. The minimum Gasteiger partial charge on any atom is -0.445 e. The Bertz CT molecular complexity index is 440. The van der Waals surface area contributed by atoms with Gasteiger partial charge in [-0.2, -0.15) is 0 Å². The summed E-state index contributed by atoms with van der Waals surface area (Å²) in [5.41, 5.74) is 2.72. The van der Waals surface area contributed by atoms with Crippen molar-refractivity contribution in [3.8, 4) is 0 Å². The van der Waals surface area contributed by atoms with E-state index in [4.69, 9.17) is 4.42 Å². The SMILES string of the molecule is CC(C)(C)Cc1cnc2occc2n1. The first-order chi connectivity index (χ1) is 6.54. The van der Waals surface area contributed by atoms with Crippen LogP contribution in [0.2, 0.25) is 0 Å². The third kappa shape index (κ3) is 1.92. The smallest absolute Gasteiger partial charge is 0.245 e. The summed E-state index contributed by atoms with van der Waals surface area (Å²) in [5.74, 6) is 0. The van der Waals surface area contributed by atoms with E-state index >= 15 is 0 Å². The summed E-state index contributed by atoms with van der Waals surface area (Å²) in [6.45, 7) is 6.57. The van der Waals surface area contributed by atoms with Crippen molar-refractivity contribution >= 4 is 11.2 Å². The Morgan fingerprint density at radius 1 is 1.36 bits per heavy atom. The number of rotatable bonds is 1. The van der Waals surface area contributed by atoms with Crippen molar-refractivity contribution in [3.63, 3.8) is 0 Å². The van der Waals surface area contributed by atoms with E-state index in [1.807, 2.05) is 6.07 Å². The third-order valence-electron chi connectivity index (χ3n) is 1.93. The zero-order valence-electron chi connectivity index (χ0n) is 8.74. The summed E-state index contributed by atoms with van der Waals surface area (Å²) in [5, 5.41) is 0. The molecule has 0 aliphatic heterocycles. The summed E-state index contributed by atoms with van der Waals surface area (Å²) in [7, 11) is 0. The molecular weight excluding hydrogens is 176 g/mol. The molecule has 74 valence electrons. The van der Waals surface area contributed by atoms with Crippen LogP contribution in [-0.4, -0.2) is 9.97 Å². The molecule has 0 aliphatic carbocycles. The number of fused-ring (bicyclic) bond motifs is 1. The second kappa shape index (κ2) is 3.08. The molecule has 2 heterocycles. The topological polar surface area (TPSA) is 38.9 Å². The molecule has 3 heteroatoms. The van der Waals surface area contributed by atoms with E-state index in [-0.39, 0.29) is 5.41 Å². The molecule has 0 atom stereocenters. The minimum absolute atomic E-state index is 0.242. The van der Waals surface area contributed by atoms with E-state index in [2.05, 4.69) is 30.7 Å². The van der Waals surface area contributed by atoms with Crippen LogP contribution in [0.15, 0.2) is 22.9 Å². The fraction of sp³-hybridized carbons (Fsp3) is 0.455. The quantitative estimate of drug-likeness (QED) is 0.694. The molecule has 0 N–H and O–H groups in total. The van der Waals surface area contributed by atoms with E-state index in [1.54, 1.807) is 12.5 Å². The number of aromatic nitrogens is 2. The molecule has 0 saturated carbocycles. The molecule has 0 bridgehead atoms. The fourth-order valence-electron chi connectivity index (χ4n) is 1.42. The molecule has 2 aromatic rings. The van der Waals surface area contributed by atoms with Gasteiger partial charge in [0.15, 0.2) is 0 Å². The molecule has 0 fully saturated rings. The van der Waals surface area contributed by atoms with Gasteiger partial charge >= 0.3 is 0 Å². The van der Waals surface area contributed by atoms with E-state index in [1.165, 1.54) is 0 Å². The maximum Gasteiger partial charge on any atom is 0.245 e. The number of hydrogen-bond acceptors (Lipinski definition) is 3. The van der Waals surface area contributed by atoms with Gasteiger partial charge in [0.1, 0.15) is 5.52 Å². The lowest BCUT2D eigenvalue weighted by Gasteiger charge is -2.16. The lowest BCUT2D eigenvalue weighted by molar-refractivity contribution is 0.406. The molecular formula is C11H14N2O. The Labute approximate surface area is 83.2 Å². The molecule has 0 aromatic carbocycles. The van der Waals surface area contributed by atoms with Crippen molar-refractivity contribution in [2.75, 3.05) is 0 Å². The monoisotopic (exact) mass is 190 g/mol. The van der Waals surface area contributed by atoms with Crippen molar-refractivity contribution in [1.82, 2.24) is 9.97 Å². The van der Waals surface area contributed by atoms with Crippen LogP contribution >= 0.6 is 0 Å². The van der Waals surface area contributed by atoms with Crippen LogP contribution in [0.4, 0.5) is 0 Å². The first kappa shape index (κ1) is 9.19. The highest BCUT2D eigenvalue weighted by atomic mass is 16.3. The van der Waals surface area contributed by atoms with E-state index in [0.29, 0.717) is 5.71 Å². The van der Waals surface area contributed by atoms with Crippen LogP contribution in [0.25, 0.3) is 11.2 Å². The van der Waals surface area contributed by atoms with Gasteiger partial charge < -0.3 is 4.42 Å². The summed E-state index contributed by atoms with van der Waals surface area (Å²) >= 11 is 0. The van der Waals surface area contributed by atoms with Gasteiger partial charge in [-0.15, -0.1) is 0 Å². The summed E-state index contributed by atoms with van der Waals surface area (Å²) in [6.07, 6.45) is 4.34. The van der Waals surface area contributed by atoms with E-state index in [9.17, 15) is 0 Å². The summed E-state index contributed by atoms with van der Waals surface area (Å²) < 4.78 is 5.13. The van der Waals surface area contributed by atoms with Crippen molar-refractivity contribution < 1.29 is 4.42 Å². The number of nitrogens with zero attached hydrogens (tertiary/aromatic N) is 2. The molecule has 0 spiro atoms. The molecule has 2 aromatic heterocycles. The van der Waals surface area contributed by atoms with Gasteiger partial charge in [0.05, 0.1) is 18.2 Å². The first-order valence-electron chi connectivity index (χ1n) is 4.74. The molecule has 14 heavy (non-hydrogen) atoms. The zero-order chi connectivity index (χ0) is 10.2. The predicted octanol–water partition coefficient (Wildman–Crippen LogP) is 2.81. The normalized spacial score (nSPS) is 12.2. The van der Waals surface area contributed by atoms with Crippen molar-refractivity contribution in [2.24, 2.45) is 5.41 Å². The minimum atomic E-state index is 0.242. The van der Waals surface area contributed by atoms with Crippen LogP contribution in [-0.2, 0) is 6.42 Å². The number of furan rings is 1. The average Bonchev–Trinajstić information content (AvgIpc) is 2.47. The Balaban J connectivity index is 2.35. The molecule has 0 unspecified atom stereocenters. The van der Waals surface area contributed by atoms with Crippen LogP contribution < -0.4 is 0 Å². The van der Waals surface area contributed by atoms with Gasteiger partial charge in [-0.25, -0.2) is 9.97 Å². The van der Waals surface area contributed by atoms with Crippen LogP contribution in [0, 0.1) is 5.41 Å². The van der Waals surface area contributed by atoms with Gasteiger partial charge in [0, 0.05) is 6.07 Å². The molecule has 0 radical (unpaired) electrons. The van der Waals surface area contributed by atoms with Crippen LogP contribution in [0.5, 0.6) is 0 Å². The van der Waals surface area contributed by atoms with Crippen LogP contribution in [0.3, 0.4) is 0 Å². The maximum absolute atomic E-state index is 5.13. The highest BCUT2D eigenvalue weighted by Crippen LogP contribution is 2.20. The summed E-state index contributed by atoms with van der Waals surface area (Å²) in [4.78, 5) is 8.66.